The lowest BCUT2D eigenvalue weighted by atomic mass is 10.0. The normalized spacial score (nSPS) is 22.7. The summed E-state index contributed by atoms with van der Waals surface area (Å²) >= 11 is 0. The van der Waals surface area contributed by atoms with Gasteiger partial charge in [-0.3, -0.25) is 4.79 Å². The van der Waals surface area contributed by atoms with E-state index in [1.807, 2.05) is 6.07 Å². The molecule has 3 rings (SSSR count). The van der Waals surface area contributed by atoms with Crippen molar-refractivity contribution in [2.75, 3.05) is 18.6 Å². The quantitative estimate of drug-likeness (QED) is 0.764. The molecular formula is C14H16N2O3. The predicted molar refractivity (Wildman–Crippen MR) is 70.2 cm³/mol. The first-order chi connectivity index (χ1) is 9.24. The molecule has 2 aliphatic heterocycles. The molecule has 2 fully saturated rings. The predicted octanol–water partition coefficient (Wildman–Crippen LogP) is 2.02. The minimum Gasteiger partial charge on any atom is -0.495 e. The smallest absolute Gasteiger partial charge is 0.332 e. The molecule has 0 spiro atoms. The van der Waals surface area contributed by atoms with Gasteiger partial charge in [0.1, 0.15) is 11.8 Å². The van der Waals surface area contributed by atoms with Crippen LogP contribution in [0.5, 0.6) is 5.75 Å². The van der Waals surface area contributed by atoms with Crippen molar-refractivity contribution in [2.24, 2.45) is 0 Å². The lowest BCUT2D eigenvalue weighted by Crippen LogP contribution is -2.39. The monoisotopic (exact) mass is 260 g/mol. The fourth-order valence-electron chi connectivity index (χ4n) is 2.83. The fraction of sp³-hybridized carbons (Fsp3) is 0.429. The van der Waals surface area contributed by atoms with Crippen LogP contribution in [0.4, 0.5) is 10.5 Å². The molecule has 2 heterocycles. The minimum absolute atomic E-state index is 0.130. The van der Waals surface area contributed by atoms with Gasteiger partial charge in [-0.15, -0.1) is 0 Å². The molecule has 0 radical (unpaired) electrons. The van der Waals surface area contributed by atoms with Gasteiger partial charge in [0.15, 0.2) is 0 Å². The van der Waals surface area contributed by atoms with E-state index < -0.39 is 0 Å². The first-order valence-corrected chi connectivity index (χ1v) is 6.51. The SMILES string of the molecule is COc1ccccc1N1C(=O)[C@H]2CCCCN2C1=O. The molecular weight excluding hydrogens is 244 g/mol. The number of piperidine rings is 1. The van der Waals surface area contributed by atoms with Crippen molar-refractivity contribution in [3.63, 3.8) is 0 Å². The van der Waals surface area contributed by atoms with Crippen molar-refractivity contribution in [1.29, 1.82) is 0 Å². The Bertz CT molecular complexity index is 505. The van der Waals surface area contributed by atoms with Crippen LogP contribution in [0.1, 0.15) is 19.3 Å². The number of anilines is 1. The Kier molecular flexibility index (Phi) is 2.89. The summed E-state index contributed by atoms with van der Waals surface area (Å²) in [7, 11) is 1.54. The Labute approximate surface area is 111 Å². The Morgan fingerprint density at radius 3 is 2.74 bits per heavy atom. The summed E-state index contributed by atoms with van der Waals surface area (Å²) in [4.78, 5) is 27.8. The number of benzene rings is 1. The van der Waals surface area contributed by atoms with Crippen molar-refractivity contribution < 1.29 is 14.3 Å². The Hall–Kier alpha value is -2.04. The number of para-hydroxylation sites is 2. The van der Waals surface area contributed by atoms with Gasteiger partial charge in [0.2, 0.25) is 0 Å². The molecule has 2 saturated heterocycles. The van der Waals surface area contributed by atoms with Gasteiger partial charge in [-0.05, 0) is 31.4 Å². The number of hydrogen-bond acceptors (Lipinski definition) is 3. The number of fused-ring (bicyclic) bond motifs is 1. The lowest BCUT2D eigenvalue weighted by molar-refractivity contribution is -0.120. The third-order valence-electron chi connectivity index (χ3n) is 3.77. The van der Waals surface area contributed by atoms with E-state index in [-0.39, 0.29) is 18.0 Å². The highest BCUT2D eigenvalue weighted by Crippen LogP contribution is 2.35. The van der Waals surface area contributed by atoms with E-state index >= 15 is 0 Å². The van der Waals surface area contributed by atoms with Gasteiger partial charge in [0, 0.05) is 6.54 Å². The van der Waals surface area contributed by atoms with Crippen molar-refractivity contribution in [3.05, 3.63) is 24.3 Å². The summed E-state index contributed by atoms with van der Waals surface area (Å²) < 4.78 is 5.24. The topological polar surface area (TPSA) is 49.9 Å². The van der Waals surface area contributed by atoms with E-state index in [9.17, 15) is 9.59 Å². The zero-order valence-electron chi connectivity index (χ0n) is 10.8. The van der Waals surface area contributed by atoms with Gasteiger partial charge in [-0.2, -0.15) is 0 Å². The fourth-order valence-corrected chi connectivity index (χ4v) is 2.83. The van der Waals surface area contributed by atoms with Gasteiger partial charge in [0.05, 0.1) is 12.8 Å². The zero-order valence-corrected chi connectivity index (χ0v) is 10.8. The van der Waals surface area contributed by atoms with E-state index in [2.05, 4.69) is 0 Å². The van der Waals surface area contributed by atoms with Crippen LogP contribution in [0.25, 0.3) is 0 Å². The average molecular weight is 260 g/mol. The van der Waals surface area contributed by atoms with Crippen LogP contribution >= 0.6 is 0 Å². The maximum Gasteiger partial charge on any atom is 0.332 e. The van der Waals surface area contributed by atoms with Crippen LogP contribution < -0.4 is 9.64 Å². The molecule has 1 atom stereocenters. The van der Waals surface area contributed by atoms with E-state index in [1.54, 1.807) is 23.1 Å². The highest BCUT2D eigenvalue weighted by molar-refractivity contribution is 6.22. The Balaban J connectivity index is 2.00. The molecule has 0 aromatic heterocycles. The largest absolute Gasteiger partial charge is 0.495 e. The number of carbonyl (C=O) groups is 2. The number of rotatable bonds is 2. The molecule has 0 unspecified atom stereocenters. The molecule has 19 heavy (non-hydrogen) atoms. The minimum atomic E-state index is -0.286. The summed E-state index contributed by atoms with van der Waals surface area (Å²) in [6, 6.07) is 6.61. The molecule has 5 heteroatoms. The first kappa shape index (κ1) is 12.0. The van der Waals surface area contributed by atoms with E-state index in [4.69, 9.17) is 4.74 Å². The maximum absolute atomic E-state index is 12.4. The van der Waals surface area contributed by atoms with Crippen LogP contribution in [0.15, 0.2) is 24.3 Å². The average Bonchev–Trinajstić information content (AvgIpc) is 2.71. The van der Waals surface area contributed by atoms with E-state index in [1.165, 1.54) is 12.0 Å². The van der Waals surface area contributed by atoms with Crippen LogP contribution in [0, 0.1) is 0 Å². The molecule has 1 aromatic rings. The molecule has 0 aliphatic carbocycles. The third kappa shape index (κ3) is 1.77. The zero-order chi connectivity index (χ0) is 13.4. The van der Waals surface area contributed by atoms with Gasteiger partial charge in [-0.1, -0.05) is 12.1 Å². The van der Waals surface area contributed by atoms with Crippen molar-refractivity contribution in [3.8, 4) is 5.75 Å². The number of nitrogens with zero attached hydrogens (tertiary/aromatic N) is 2. The van der Waals surface area contributed by atoms with Crippen molar-refractivity contribution in [2.45, 2.75) is 25.3 Å². The first-order valence-electron chi connectivity index (χ1n) is 6.51. The van der Waals surface area contributed by atoms with E-state index in [0.717, 1.165) is 19.3 Å². The number of imide groups is 1. The number of methoxy groups -OCH3 is 1. The van der Waals surface area contributed by atoms with Gasteiger partial charge in [-0.25, -0.2) is 9.69 Å². The standard InChI is InChI=1S/C14H16N2O3/c1-19-12-8-3-2-6-10(12)16-13(17)11-7-4-5-9-15(11)14(16)18/h2-3,6,8,11H,4-5,7,9H2,1H3/t11-/m1/s1. The van der Waals surface area contributed by atoms with Crippen LogP contribution in [-0.2, 0) is 4.79 Å². The summed E-state index contributed by atoms with van der Waals surface area (Å²) in [5, 5.41) is 0. The van der Waals surface area contributed by atoms with Crippen LogP contribution in [0.2, 0.25) is 0 Å². The number of hydrogen-bond donors (Lipinski definition) is 0. The van der Waals surface area contributed by atoms with Gasteiger partial charge in [0.25, 0.3) is 5.91 Å². The summed E-state index contributed by atoms with van der Waals surface area (Å²) in [5.74, 6) is 0.415. The number of urea groups is 1. The van der Waals surface area contributed by atoms with Crippen molar-refractivity contribution in [1.82, 2.24) is 4.90 Å². The molecule has 3 amide bonds. The molecule has 0 bridgehead atoms. The summed E-state index contributed by atoms with van der Waals surface area (Å²) in [5.41, 5.74) is 0.536. The van der Waals surface area contributed by atoms with Crippen LogP contribution in [-0.4, -0.2) is 36.5 Å². The number of ether oxygens (including phenoxy) is 1. The summed E-state index contributed by atoms with van der Waals surface area (Å²) in [6.07, 6.45) is 2.73. The van der Waals surface area contributed by atoms with Crippen LogP contribution in [0.3, 0.4) is 0 Å². The van der Waals surface area contributed by atoms with Crippen molar-refractivity contribution >= 4 is 17.6 Å². The van der Waals surface area contributed by atoms with E-state index in [0.29, 0.717) is 18.0 Å². The van der Waals surface area contributed by atoms with Gasteiger partial charge < -0.3 is 9.64 Å². The molecule has 5 nitrogen and oxygen atoms in total. The summed E-state index contributed by atoms with van der Waals surface area (Å²) in [6.45, 7) is 0.668. The number of carbonyl (C=O) groups excluding carboxylic acids is 2. The Morgan fingerprint density at radius 1 is 1.21 bits per heavy atom. The third-order valence-corrected chi connectivity index (χ3v) is 3.77. The number of amides is 3. The molecule has 100 valence electrons. The molecule has 0 N–H and O–H groups in total. The Morgan fingerprint density at radius 2 is 2.00 bits per heavy atom. The molecule has 0 saturated carbocycles. The van der Waals surface area contributed by atoms with Gasteiger partial charge >= 0.3 is 6.03 Å². The second-order valence-corrected chi connectivity index (χ2v) is 4.83. The maximum atomic E-state index is 12.4. The lowest BCUT2D eigenvalue weighted by Gasteiger charge is -2.26. The molecule has 1 aromatic carbocycles. The highest BCUT2D eigenvalue weighted by Gasteiger charge is 2.47. The highest BCUT2D eigenvalue weighted by atomic mass is 16.5. The second kappa shape index (κ2) is 4.57. The molecule has 2 aliphatic rings. The second-order valence-electron chi connectivity index (χ2n) is 4.83.